The van der Waals surface area contributed by atoms with Gasteiger partial charge in [0.1, 0.15) is 6.61 Å². The van der Waals surface area contributed by atoms with Crippen LogP contribution in [0.2, 0.25) is 10.0 Å². The van der Waals surface area contributed by atoms with E-state index in [9.17, 15) is 0 Å². The Bertz CT molecular complexity index is 462. The van der Waals surface area contributed by atoms with Gasteiger partial charge in [-0.15, -0.1) is 0 Å². The van der Waals surface area contributed by atoms with Gasteiger partial charge >= 0.3 is 0 Å². The Morgan fingerprint density at radius 2 is 1.71 bits per heavy atom. The molecule has 2 fully saturated rings. The summed E-state index contributed by atoms with van der Waals surface area (Å²) in [6, 6.07) is 5.37. The predicted octanol–water partition coefficient (Wildman–Crippen LogP) is 3.21. The van der Waals surface area contributed by atoms with Gasteiger partial charge in [-0.3, -0.25) is 4.90 Å². The first-order valence-corrected chi connectivity index (χ1v) is 8.01. The van der Waals surface area contributed by atoms with Crippen molar-refractivity contribution in [1.82, 2.24) is 4.90 Å². The van der Waals surface area contributed by atoms with Crippen molar-refractivity contribution >= 4 is 23.2 Å². The van der Waals surface area contributed by atoms with E-state index in [0.717, 1.165) is 32.5 Å². The molecule has 116 valence electrons. The summed E-state index contributed by atoms with van der Waals surface area (Å²) in [6.45, 7) is 4.76. The Balaban J connectivity index is 1.44. The molecule has 0 unspecified atom stereocenters. The number of ether oxygens (including phenoxy) is 3. The van der Waals surface area contributed by atoms with Crippen LogP contribution in [0.3, 0.4) is 0 Å². The lowest BCUT2D eigenvalue weighted by molar-refractivity contribution is -0.185. The molecule has 4 nitrogen and oxygen atoms in total. The van der Waals surface area contributed by atoms with Gasteiger partial charge < -0.3 is 14.2 Å². The Hall–Kier alpha value is -0.520. The number of para-hydroxylation sites is 1. The van der Waals surface area contributed by atoms with Gasteiger partial charge in [-0.25, -0.2) is 0 Å². The van der Waals surface area contributed by atoms with Gasteiger partial charge in [0.15, 0.2) is 11.5 Å². The minimum absolute atomic E-state index is 0.316. The van der Waals surface area contributed by atoms with E-state index in [1.54, 1.807) is 12.1 Å². The van der Waals surface area contributed by atoms with Crippen LogP contribution in [0.25, 0.3) is 0 Å². The lowest BCUT2D eigenvalue weighted by atomic mass is 10.0. The molecule has 0 amide bonds. The zero-order valence-corrected chi connectivity index (χ0v) is 13.3. The van der Waals surface area contributed by atoms with E-state index >= 15 is 0 Å². The minimum atomic E-state index is -0.316. The topological polar surface area (TPSA) is 30.9 Å². The van der Waals surface area contributed by atoms with Crippen LogP contribution in [0.15, 0.2) is 18.2 Å². The van der Waals surface area contributed by atoms with Crippen LogP contribution in [0, 0.1) is 0 Å². The van der Waals surface area contributed by atoms with E-state index in [0.29, 0.717) is 35.6 Å². The molecule has 0 saturated carbocycles. The van der Waals surface area contributed by atoms with Crippen molar-refractivity contribution in [2.24, 2.45) is 0 Å². The molecule has 1 aromatic rings. The third-order valence-electron chi connectivity index (χ3n) is 4.00. The first-order valence-electron chi connectivity index (χ1n) is 7.26. The molecule has 1 aromatic carbocycles. The van der Waals surface area contributed by atoms with Crippen molar-refractivity contribution in [2.45, 2.75) is 18.6 Å². The quantitative estimate of drug-likeness (QED) is 0.847. The first kappa shape index (κ1) is 15.4. The Morgan fingerprint density at radius 3 is 2.33 bits per heavy atom. The molecule has 3 rings (SSSR count). The maximum absolute atomic E-state index is 6.08. The predicted molar refractivity (Wildman–Crippen MR) is 82.3 cm³/mol. The second-order valence-corrected chi connectivity index (χ2v) is 6.16. The molecule has 0 aromatic heterocycles. The standard InChI is InChI=1S/C15H19Cl2NO3/c16-12-2-1-3-13(17)14(12)19-9-8-18-6-4-15(5-7-18)20-10-11-21-15/h1-3H,4-11H2. The fraction of sp³-hybridized carbons (Fsp3) is 0.600. The molecule has 2 aliphatic rings. The largest absolute Gasteiger partial charge is 0.489 e. The molecule has 0 atom stereocenters. The zero-order valence-electron chi connectivity index (χ0n) is 11.8. The molecule has 0 bridgehead atoms. The monoisotopic (exact) mass is 331 g/mol. The number of rotatable bonds is 4. The SMILES string of the molecule is Clc1cccc(Cl)c1OCCN1CCC2(CC1)OCCO2. The summed E-state index contributed by atoms with van der Waals surface area (Å²) in [4.78, 5) is 2.35. The summed E-state index contributed by atoms with van der Waals surface area (Å²) in [6.07, 6.45) is 1.83. The van der Waals surface area contributed by atoms with E-state index in [2.05, 4.69) is 4.90 Å². The van der Waals surface area contributed by atoms with Crippen molar-refractivity contribution in [1.29, 1.82) is 0 Å². The maximum atomic E-state index is 6.08. The van der Waals surface area contributed by atoms with Gasteiger partial charge in [0, 0.05) is 32.5 Å². The van der Waals surface area contributed by atoms with Crippen molar-refractivity contribution in [3.05, 3.63) is 28.2 Å². The molecule has 6 heteroatoms. The van der Waals surface area contributed by atoms with Crippen molar-refractivity contribution in [3.8, 4) is 5.75 Å². The van der Waals surface area contributed by atoms with Gasteiger partial charge in [0.25, 0.3) is 0 Å². The first-order chi connectivity index (χ1) is 10.2. The average molecular weight is 332 g/mol. The average Bonchev–Trinajstić information content (AvgIpc) is 2.93. The summed E-state index contributed by atoms with van der Waals surface area (Å²) in [5, 5.41) is 1.10. The summed E-state index contributed by atoms with van der Waals surface area (Å²) in [7, 11) is 0. The van der Waals surface area contributed by atoms with E-state index in [1.165, 1.54) is 0 Å². The molecule has 0 N–H and O–H groups in total. The summed E-state index contributed by atoms with van der Waals surface area (Å²) < 4.78 is 17.2. The van der Waals surface area contributed by atoms with Crippen LogP contribution in [-0.2, 0) is 9.47 Å². The maximum Gasteiger partial charge on any atom is 0.170 e. The van der Waals surface area contributed by atoms with Crippen LogP contribution in [0.5, 0.6) is 5.75 Å². The highest BCUT2D eigenvalue weighted by molar-refractivity contribution is 6.37. The molecule has 1 spiro atoms. The Kier molecular flexibility index (Phi) is 4.92. The number of piperidine rings is 1. The number of nitrogens with zero attached hydrogens (tertiary/aromatic N) is 1. The number of hydrogen-bond acceptors (Lipinski definition) is 4. The molecular formula is C15H19Cl2NO3. The fourth-order valence-electron chi connectivity index (χ4n) is 2.80. The number of hydrogen-bond donors (Lipinski definition) is 0. The Labute approximate surface area is 134 Å². The van der Waals surface area contributed by atoms with E-state index < -0.39 is 0 Å². The number of halogens is 2. The Morgan fingerprint density at radius 1 is 1.10 bits per heavy atom. The summed E-state index contributed by atoms with van der Waals surface area (Å²) in [5.41, 5.74) is 0. The second-order valence-electron chi connectivity index (χ2n) is 5.35. The number of benzene rings is 1. The van der Waals surface area contributed by atoms with Gasteiger partial charge in [-0.1, -0.05) is 29.3 Å². The molecule has 0 aliphatic carbocycles. The minimum Gasteiger partial charge on any atom is -0.489 e. The van der Waals surface area contributed by atoms with Crippen molar-refractivity contribution < 1.29 is 14.2 Å². The molecule has 2 saturated heterocycles. The molecular weight excluding hydrogens is 313 g/mol. The smallest absolute Gasteiger partial charge is 0.170 e. The third kappa shape index (κ3) is 3.63. The van der Waals surface area contributed by atoms with E-state index in [1.807, 2.05) is 6.07 Å². The van der Waals surface area contributed by atoms with E-state index in [-0.39, 0.29) is 5.79 Å². The van der Waals surface area contributed by atoms with Crippen LogP contribution in [0.4, 0.5) is 0 Å². The highest BCUT2D eigenvalue weighted by atomic mass is 35.5. The molecule has 21 heavy (non-hydrogen) atoms. The van der Waals surface area contributed by atoms with Crippen molar-refractivity contribution in [3.63, 3.8) is 0 Å². The summed E-state index contributed by atoms with van der Waals surface area (Å²) >= 11 is 12.2. The second kappa shape index (κ2) is 6.71. The zero-order chi connectivity index (χ0) is 14.7. The van der Waals surface area contributed by atoms with Gasteiger partial charge in [0.2, 0.25) is 0 Å². The molecule has 0 radical (unpaired) electrons. The summed E-state index contributed by atoms with van der Waals surface area (Å²) in [5.74, 6) is 0.250. The van der Waals surface area contributed by atoms with Gasteiger partial charge in [-0.2, -0.15) is 0 Å². The number of likely N-dealkylation sites (tertiary alicyclic amines) is 1. The highest BCUT2D eigenvalue weighted by Crippen LogP contribution is 2.33. The lowest BCUT2D eigenvalue weighted by Gasteiger charge is -2.37. The van der Waals surface area contributed by atoms with Gasteiger partial charge in [0.05, 0.1) is 23.3 Å². The molecule has 2 heterocycles. The van der Waals surface area contributed by atoms with Gasteiger partial charge in [-0.05, 0) is 12.1 Å². The normalized spacial score (nSPS) is 21.8. The van der Waals surface area contributed by atoms with Crippen LogP contribution in [0.1, 0.15) is 12.8 Å². The third-order valence-corrected chi connectivity index (χ3v) is 4.60. The fourth-order valence-corrected chi connectivity index (χ4v) is 3.31. The highest BCUT2D eigenvalue weighted by Gasteiger charge is 2.39. The molecule has 2 aliphatic heterocycles. The van der Waals surface area contributed by atoms with Crippen LogP contribution in [-0.4, -0.2) is 50.1 Å². The van der Waals surface area contributed by atoms with E-state index in [4.69, 9.17) is 37.4 Å². The van der Waals surface area contributed by atoms with Crippen LogP contribution < -0.4 is 4.74 Å². The van der Waals surface area contributed by atoms with Crippen molar-refractivity contribution in [2.75, 3.05) is 39.5 Å². The lowest BCUT2D eigenvalue weighted by Crippen LogP contribution is -2.46. The van der Waals surface area contributed by atoms with Crippen LogP contribution >= 0.6 is 23.2 Å².